The van der Waals surface area contributed by atoms with Crippen molar-refractivity contribution < 1.29 is 14.7 Å². The van der Waals surface area contributed by atoms with Gasteiger partial charge in [-0.1, -0.05) is 43.2 Å². The fourth-order valence-corrected chi connectivity index (χ4v) is 2.71. The summed E-state index contributed by atoms with van der Waals surface area (Å²) < 4.78 is 0. The van der Waals surface area contributed by atoms with Crippen LogP contribution in [-0.2, 0) is 15.1 Å². The molecular formula is C16H22N2O3. The van der Waals surface area contributed by atoms with Gasteiger partial charge in [0.2, 0.25) is 5.91 Å². The van der Waals surface area contributed by atoms with Crippen molar-refractivity contribution in [3.05, 3.63) is 35.9 Å². The summed E-state index contributed by atoms with van der Waals surface area (Å²) >= 11 is 0. The lowest BCUT2D eigenvalue weighted by atomic mass is 9.92. The Bertz CT molecular complexity index is 498. The molecule has 0 radical (unpaired) electrons. The van der Waals surface area contributed by atoms with Crippen LogP contribution in [-0.4, -0.2) is 29.6 Å². The van der Waals surface area contributed by atoms with Crippen LogP contribution in [0, 0.1) is 0 Å². The van der Waals surface area contributed by atoms with E-state index in [-0.39, 0.29) is 12.5 Å². The summed E-state index contributed by atoms with van der Waals surface area (Å²) in [6.07, 6.45) is 4.55. The first-order valence-electron chi connectivity index (χ1n) is 7.35. The maximum Gasteiger partial charge on any atom is 0.333 e. The molecule has 1 aliphatic rings. The summed E-state index contributed by atoms with van der Waals surface area (Å²) in [5.41, 5.74) is -0.845. The number of carboxylic acids is 1. The smallest absolute Gasteiger partial charge is 0.333 e. The molecule has 0 spiro atoms. The van der Waals surface area contributed by atoms with Gasteiger partial charge in [0.1, 0.15) is 0 Å². The molecular weight excluding hydrogens is 268 g/mol. The molecule has 0 saturated heterocycles. The van der Waals surface area contributed by atoms with Crippen LogP contribution in [0.4, 0.5) is 0 Å². The van der Waals surface area contributed by atoms with Crippen molar-refractivity contribution in [3.63, 3.8) is 0 Å². The molecule has 3 N–H and O–H groups in total. The van der Waals surface area contributed by atoms with Crippen molar-refractivity contribution in [2.75, 3.05) is 6.54 Å². The summed E-state index contributed by atoms with van der Waals surface area (Å²) in [6, 6.07) is 9.13. The maximum atomic E-state index is 12.1. The Labute approximate surface area is 124 Å². The number of nitrogens with one attached hydrogen (secondary N) is 2. The molecule has 1 fully saturated rings. The Morgan fingerprint density at radius 3 is 2.43 bits per heavy atom. The molecule has 5 nitrogen and oxygen atoms in total. The number of amides is 1. The highest BCUT2D eigenvalue weighted by molar-refractivity contribution is 5.88. The van der Waals surface area contributed by atoms with Crippen LogP contribution < -0.4 is 10.6 Å². The van der Waals surface area contributed by atoms with Crippen molar-refractivity contribution in [1.82, 2.24) is 10.6 Å². The van der Waals surface area contributed by atoms with Gasteiger partial charge >= 0.3 is 5.97 Å². The van der Waals surface area contributed by atoms with Crippen LogP contribution in [0.2, 0.25) is 0 Å². The summed E-state index contributed by atoms with van der Waals surface area (Å²) in [7, 11) is 0. The molecule has 1 aromatic carbocycles. The number of carbonyl (C=O) groups excluding carboxylic acids is 1. The number of carboxylic acid groups (broad SMARTS) is 1. The Morgan fingerprint density at radius 2 is 1.86 bits per heavy atom. The van der Waals surface area contributed by atoms with Crippen molar-refractivity contribution in [3.8, 4) is 0 Å². The predicted octanol–water partition coefficient (Wildman–Crippen LogP) is 1.63. The van der Waals surface area contributed by atoms with Gasteiger partial charge in [-0.05, 0) is 25.3 Å². The van der Waals surface area contributed by atoms with E-state index in [2.05, 4.69) is 10.6 Å². The molecule has 1 aliphatic carbocycles. The molecule has 21 heavy (non-hydrogen) atoms. The van der Waals surface area contributed by atoms with Crippen LogP contribution in [0.1, 0.15) is 38.2 Å². The minimum Gasteiger partial charge on any atom is -0.479 e. The van der Waals surface area contributed by atoms with E-state index in [1.807, 2.05) is 6.07 Å². The molecule has 0 bridgehead atoms. The molecule has 0 heterocycles. The van der Waals surface area contributed by atoms with Crippen molar-refractivity contribution in [2.24, 2.45) is 0 Å². The average Bonchev–Trinajstić information content (AvgIpc) is 2.99. The summed E-state index contributed by atoms with van der Waals surface area (Å²) in [5.74, 6) is -1.36. The third kappa shape index (κ3) is 3.82. The van der Waals surface area contributed by atoms with Crippen LogP contribution in [0.3, 0.4) is 0 Å². The molecule has 1 amide bonds. The molecule has 5 heteroatoms. The van der Waals surface area contributed by atoms with Gasteiger partial charge in [0.25, 0.3) is 0 Å². The lowest BCUT2D eigenvalue weighted by Crippen LogP contribution is -2.52. The first-order valence-corrected chi connectivity index (χ1v) is 7.35. The standard InChI is InChI=1S/C16H22N2O3/c1-16(15(20)21,12-7-3-2-4-8-12)18-14(19)11-17-13-9-5-6-10-13/h2-4,7-8,13,17H,5-6,9-11H2,1H3,(H,18,19)(H,20,21). The molecule has 1 unspecified atom stereocenters. The van der Waals surface area contributed by atoms with Crippen molar-refractivity contribution in [1.29, 1.82) is 0 Å². The Kier molecular flexibility index (Phi) is 4.96. The molecule has 1 atom stereocenters. The number of hydrogen-bond acceptors (Lipinski definition) is 3. The SMILES string of the molecule is CC(NC(=O)CNC1CCCC1)(C(=O)O)c1ccccc1. The number of rotatable bonds is 6. The van der Waals surface area contributed by atoms with E-state index < -0.39 is 11.5 Å². The van der Waals surface area contributed by atoms with E-state index in [9.17, 15) is 14.7 Å². The summed E-state index contributed by atoms with van der Waals surface area (Å²) in [4.78, 5) is 23.6. The van der Waals surface area contributed by atoms with Gasteiger partial charge in [0.15, 0.2) is 5.54 Å². The van der Waals surface area contributed by atoms with Gasteiger partial charge in [-0.3, -0.25) is 4.79 Å². The lowest BCUT2D eigenvalue weighted by Gasteiger charge is -2.27. The summed E-state index contributed by atoms with van der Waals surface area (Å²) in [5, 5.41) is 15.3. The second-order valence-corrected chi connectivity index (χ2v) is 5.71. The van der Waals surface area contributed by atoms with E-state index in [1.54, 1.807) is 24.3 Å². The second-order valence-electron chi connectivity index (χ2n) is 5.71. The van der Waals surface area contributed by atoms with Gasteiger partial charge in [-0.25, -0.2) is 4.79 Å². The first kappa shape index (κ1) is 15.5. The van der Waals surface area contributed by atoms with E-state index in [0.717, 1.165) is 12.8 Å². The lowest BCUT2D eigenvalue weighted by molar-refractivity contribution is -0.147. The first-order chi connectivity index (χ1) is 10.0. The fraction of sp³-hybridized carbons (Fsp3) is 0.500. The van der Waals surface area contributed by atoms with Gasteiger partial charge in [0, 0.05) is 6.04 Å². The highest BCUT2D eigenvalue weighted by Gasteiger charge is 2.36. The van der Waals surface area contributed by atoms with Crippen LogP contribution in [0.15, 0.2) is 30.3 Å². The third-order valence-corrected chi connectivity index (χ3v) is 4.07. The second kappa shape index (κ2) is 6.72. The van der Waals surface area contributed by atoms with Crippen molar-refractivity contribution in [2.45, 2.75) is 44.2 Å². The van der Waals surface area contributed by atoms with Crippen LogP contribution in [0.5, 0.6) is 0 Å². The number of hydrogen-bond donors (Lipinski definition) is 3. The monoisotopic (exact) mass is 290 g/mol. The van der Waals surface area contributed by atoms with Crippen LogP contribution >= 0.6 is 0 Å². The zero-order chi connectivity index (χ0) is 15.3. The van der Waals surface area contributed by atoms with Gasteiger partial charge in [-0.2, -0.15) is 0 Å². The highest BCUT2D eigenvalue weighted by Crippen LogP contribution is 2.21. The van der Waals surface area contributed by atoms with Gasteiger partial charge in [-0.15, -0.1) is 0 Å². The van der Waals surface area contributed by atoms with Crippen molar-refractivity contribution >= 4 is 11.9 Å². The van der Waals surface area contributed by atoms with E-state index in [0.29, 0.717) is 11.6 Å². The van der Waals surface area contributed by atoms with Gasteiger partial charge in [0.05, 0.1) is 6.54 Å². The zero-order valence-corrected chi connectivity index (χ0v) is 12.3. The largest absolute Gasteiger partial charge is 0.479 e. The molecule has 2 rings (SSSR count). The quantitative estimate of drug-likeness (QED) is 0.744. The molecule has 114 valence electrons. The fourth-order valence-electron chi connectivity index (χ4n) is 2.71. The third-order valence-electron chi connectivity index (χ3n) is 4.07. The number of aliphatic carboxylic acids is 1. The Balaban J connectivity index is 1.99. The van der Waals surface area contributed by atoms with Gasteiger partial charge < -0.3 is 15.7 Å². The molecule has 0 aliphatic heterocycles. The Morgan fingerprint density at radius 1 is 1.24 bits per heavy atom. The molecule has 1 saturated carbocycles. The highest BCUT2D eigenvalue weighted by atomic mass is 16.4. The average molecular weight is 290 g/mol. The summed E-state index contributed by atoms with van der Waals surface area (Å²) in [6.45, 7) is 1.67. The maximum absolute atomic E-state index is 12.1. The minimum atomic E-state index is -1.41. The minimum absolute atomic E-state index is 0.153. The normalized spacial score (nSPS) is 18.1. The van der Waals surface area contributed by atoms with E-state index in [1.165, 1.54) is 19.8 Å². The topological polar surface area (TPSA) is 78.4 Å². The molecule has 0 aromatic heterocycles. The number of carbonyl (C=O) groups is 2. The Hall–Kier alpha value is -1.88. The predicted molar refractivity (Wildman–Crippen MR) is 79.8 cm³/mol. The zero-order valence-electron chi connectivity index (χ0n) is 12.3. The molecule has 1 aromatic rings. The van der Waals surface area contributed by atoms with E-state index in [4.69, 9.17) is 0 Å². The van der Waals surface area contributed by atoms with E-state index >= 15 is 0 Å². The number of benzene rings is 1. The van der Waals surface area contributed by atoms with Crippen LogP contribution in [0.25, 0.3) is 0 Å².